The third-order valence-corrected chi connectivity index (χ3v) is 6.24. The molecule has 5 heteroatoms. The topological polar surface area (TPSA) is 53.5 Å². The summed E-state index contributed by atoms with van der Waals surface area (Å²) >= 11 is 0.504. The summed E-state index contributed by atoms with van der Waals surface area (Å²) in [5, 5.41) is 8.39. The van der Waals surface area contributed by atoms with Crippen molar-refractivity contribution in [3.8, 4) is 0 Å². The van der Waals surface area contributed by atoms with Gasteiger partial charge in [0.15, 0.2) is 0 Å². The van der Waals surface area contributed by atoms with Crippen molar-refractivity contribution >= 4 is 36.8 Å². The molecular weight excluding hydrogens is 365 g/mol. The van der Waals surface area contributed by atoms with E-state index in [0.29, 0.717) is 15.0 Å². The Hall–Kier alpha value is -2.10. The first-order chi connectivity index (χ1) is 11.7. The van der Waals surface area contributed by atoms with Gasteiger partial charge in [0.25, 0.3) is 0 Å². The van der Waals surface area contributed by atoms with E-state index < -0.39 is 0 Å². The Morgan fingerprint density at radius 2 is 2.08 bits per heavy atom. The second kappa shape index (κ2) is 7.65. The summed E-state index contributed by atoms with van der Waals surface area (Å²) in [6, 6.07) is 14.0. The van der Waals surface area contributed by atoms with Gasteiger partial charge >= 0.3 is 149 Å². The summed E-state index contributed by atoms with van der Waals surface area (Å²) in [5.41, 5.74) is 7.99. The second-order valence-electron chi connectivity index (χ2n) is 5.73. The summed E-state index contributed by atoms with van der Waals surface area (Å²) < 4.78 is 1.37. The van der Waals surface area contributed by atoms with Crippen molar-refractivity contribution in [3.05, 3.63) is 59.2 Å². The van der Waals surface area contributed by atoms with Gasteiger partial charge < -0.3 is 0 Å². The van der Waals surface area contributed by atoms with Crippen LogP contribution in [0.15, 0.2) is 47.6 Å². The van der Waals surface area contributed by atoms with Crippen LogP contribution in [-0.2, 0) is 6.42 Å². The van der Waals surface area contributed by atoms with Crippen molar-refractivity contribution in [2.75, 3.05) is 5.32 Å². The second-order valence-corrected chi connectivity index (χ2v) is 8.12. The molecule has 4 nitrogen and oxygen atoms in total. The number of hydrogen-bond donors (Lipinski definition) is 2. The van der Waals surface area contributed by atoms with Gasteiger partial charge in [0.2, 0.25) is 0 Å². The third-order valence-electron chi connectivity index (χ3n) is 3.98. The van der Waals surface area contributed by atoms with E-state index in [2.05, 4.69) is 47.9 Å². The zero-order valence-electron chi connectivity index (χ0n) is 13.9. The number of urea groups is 1. The molecule has 2 N–H and O–H groups in total. The molecule has 2 aromatic carbocycles. The number of fused-ring (bicyclic) bond motifs is 1. The van der Waals surface area contributed by atoms with Crippen LogP contribution in [0.5, 0.6) is 0 Å². The van der Waals surface area contributed by atoms with E-state index in [1.807, 2.05) is 24.3 Å². The average molecular weight is 386 g/mol. The van der Waals surface area contributed by atoms with Crippen molar-refractivity contribution in [2.45, 2.75) is 32.0 Å². The molecule has 0 spiro atoms. The normalized spacial score (nSPS) is 15.0. The molecule has 0 bridgehead atoms. The number of rotatable bonds is 3. The van der Waals surface area contributed by atoms with E-state index in [9.17, 15) is 4.79 Å². The minimum absolute atomic E-state index is 0.298. The number of para-hydroxylation sites is 1. The summed E-state index contributed by atoms with van der Waals surface area (Å²) in [6.45, 7) is 4.16. The maximum atomic E-state index is 12.2. The van der Waals surface area contributed by atoms with Gasteiger partial charge in [0.1, 0.15) is 0 Å². The monoisotopic (exact) mass is 387 g/mol. The molecule has 0 saturated heterocycles. The molecule has 1 aliphatic heterocycles. The number of hydrogen-bond acceptors (Lipinski definition) is 2. The van der Waals surface area contributed by atoms with E-state index >= 15 is 0 Å². The first-order valence-electron chi connectivity index (χ1n) is 8.12. The maximum absolute atomic E-state index is 12.2. The van der Waals surface area contributed by atoms with Crippen molar-refractivity contribution < 1.29 is 4.79 Å². The summed E-state index contributed by atoms with van der Waals surface area (Å²) in [6.07, 6.45) is 1.79. The summed E-state index contributed by atoms with van der Waals surface area (Å²) in [7, 11) is 0. The Balaban J connectivity index is 1.72. The third kappa shape index (κ3) is 3.86. The standard InChI is InChI=1S/C19H21N3OSe/c1-3-14-6-4-5-7-16(14)20-19(23)22-21-17-10-11-24-18-9-8-13(2)12-15(17)18/h4-9,12H,3,10-11H2,1-2H3,(H2,20,22,23)/b21-17+. The van der Waals surface area contributed by atoms with Gasteiger partial charge in [0.05, 0.1) is 0 Å². The predicted molar refractivity (Wildman–Crippen MR) is 101 cm³/mol. The van der Waals surface area contributed by atoms with Crippen LogP contribution in [0.3, 0.4) is 0 Å². The molecule has 0 aliphatic carbocycles. The first kappa shape index (κ1) is 16.7. The van der Waals surface area contributed by atoms with Gasteiger partial charge in [-0.3, -0.25) is 0 Å². The van der Waals surface area contributed by atoms with E-state index in [1.165, 1.54) is 15.6 Å². The number of carbonyl (C=O) groups is 1. The fraction of sp³-hybridized carbons (Fsp3) is 0.263. The van der Waals surface area contributed by atoms with Gasteiger partial charge in [-0.2, -0.15) is 0 Å². The zero-order chi connectivity index (χ0) is 16.9. The number of carbonyl (C=O) groups excluding carboxylic acids is 1. The Bertz CT molecular complexity index is 786. The number of benzene rings is 2. The zero-order valence-corrected chi connectivity index (χ0v) is 15.6. The van der Waals surface area contributed by atoms with Gasteiger partial charge in [-0.25, -0.2) is 0 Å². The summed E-state index contributed by atoms with van der Waals surface area (Å²) in [5.74, 6) is 0. The Morgan fingerprint density at radius 3 is 2.92 bits per heavy atom. The Morgan fingerprint density at radius 1 is 1.25 bits per heavy atom. The van der Waals surface area contributed by atoms with Gasteiger partial charge in [-0.1, -0.05) is 0 Å². The van der Waals surface area contributed by atoms with Crippen LogP contribution in [0.4, 0.5) is 10.5 Å². The summed E-state index contributed by atoms with van der Waals surface area (Å²) in [4.78, 5) is 12.2. The van der Waals surface area contributed by atoms with Crippen molar-refractivity contribution in [2.24, 2.45) is 5.10 Å². The Kier molecular flexibility index (Phi) is 5.34. The molecular formula is C19H21N3OSe. The van der Waals surface area contributed by atoms with Crippen LogP contribution >= 0.6 is 0 Å². The van der Waals surface area contributed by atoms with Crippen LogP contribution < -0.4 is 15.2 Å². The van der Waals surface area contributed by atoms with Crippen LogP contribution in [0, 0.1) is 6.92 Å². The SMILES string of the molecule is CCc1ccccc1NC(=O)N/N=C1\CC[Se]c2ccc(C)cc21. The van der Waals surface area contributed by atoms with Gasteiger partial charge in [-0.15, -0.1) is 0 Å². The molecule has 1 heterocycles. The fourth-order valence-corrected chi connectivity index (χ4v) is 4.85. The predicted octanol–water partition coefficient (Wildman–Crippen LogP) is 3.23. The molecule has 0 atom stereocenters. The number of amides is 2. The van der Waals surface area contributed by atoms with E-state index in [0.717, 1.165) is 35.1 Å². The molecule has 3 rings (SSSR count). The molecule has 2 aromatic rings. The van der Waals surface area contributed by atoms with Gasteiger partial charge in [0, 0.05) is 0 Å². The molecule has 0 saturated carbocycles. The number of hydrazone groups is 1. The Labute approximate surface area is 148 Å². The van der Waals surface area contributed by atoms with E-state index in [-0.39, 0.29) is 6.03 Å². The van der Waals surface area contributed by atoms with E-state index in [1.54, 1.807) is 0 Å². The van der Waals surface area contributed by atoms with Gasteiger partial charge in [-0.05, 0) is 0 Å². The number of nitrogens with zero attached hydrogens (tertiary/aromatic N) is 1. The van der Waals surface area contributed by atoms with Crippen LogP contribution in [0.1, 0.15) is 30.0 Å². The molecule has 0 fully saturated rings. The van der Waals surface area contributed by atoms with Crippen molar-refractivity contribution in [1.82, 2.24) is 5.43 Å². The van der Waals surface area contributed by atoms with E-state index in [4.69, 9.17) is 0 Å². The molecule has 124 valence electrons. The first-order valence-corrected chi connectivity index (χ1v) is 10.2. The molecule has 1 aliphatic rings. The fourth-order valence-electron chi connectivity index (χ4n) is 2.72. The average Bonchev–Trinajstić information content (AvgIpc) is 2.60. The van der Waals surface area contributed by atoms with Crippen molar-refractivity contribution in [3.63, 3.8) is 0 Å². The molecule has 24 heavy (non-hydrogen) atoms. The van der Waals surface area contributed by atoms with Crippen LogP contribution in [-0.4, -0.2) is 26.7 Å². The number of aryl methyl sites for hydroxylation is 2. The van der Waals surface area contributed by atoms with Crippen LogP contribution in [0.25, 0.3) is 0 Å². The molecule has 0 radical (unpaired) electrons. The van der Waals surface area contributed by atoms with Crippen molar-refractivity contribution in [1.29, 1.82) is 0 Å². The quantitative estimate of drug-likeness (QED) is 0.618. The van der Waals surface area contributed by atoms with Crippen LogP contribution in [0.2, 0.25) is 5.32 Å². The molecule has 0 unspecified atom stereocenters. The number of nitrogens with one attached hydrogen (secondary N) is 2. The molecule has 2 amide bonds. The minimum atomic E-state index is -0.298. The number of anilines is 1. The molecule has 0 aromatic heterocycles.